The molecule has 1 spiro atoms. The highest BCUT2D eigenvalue weighted by Crippen LogP contribution is 2.72. The average Bonchev–Trinajstić information content (AvgIpc) is 2.92. The molecule has 4 aliphatic rings. The second kappa shape index (κ2) is 4.55. The number of fused-ring (bicyclic) bond motifs is 5. The van der Waals surface area contributed by atoms with Crippen LogP contribution in [0.1, 0.15) is 58.4 Å². The van der Waals surface area contributed by atoms with E-state index in [1.807, 2.05) is 0 Å². The molecule has 0 bridgehead atoms. The van der Waals surface area contributed by atoms with Gasteiger partial charge >= 0.3 is 0 Å². The van der Waals surface area contributed by atoms with Crippen molar-refractivity contribution >= 4 is 0 Å². The number of hydrogen-bond donors (Lipinski definition) is 0. The second-order valence-electron chi connectivity index (χ2n) is 9.51. The summed E-state index contributed by atoms with van der Waals surface area (Å²) in [5.74, 6) is 5.70. The highest BCUT2D eigenvalue weighted by molar-refractivity contribution is 5.37. The molecule has 0 aromatic heterocycles. The molecule has 1 aliphatic heterocycles. The van der Waals surface area contributed by atoms with Gasteiger partial charge in [0.2, 0.25) is 0 Å². The van der Waals surface area contributed by atoms with E-state index in [4.69, 9.17) is 4.74 Å². The van der Waals surface area contributed by atoms with E-state index >= 15 is 0 Å². The lowest BCUT2D eigenvalue weighted by Gasteiger charge is -2.45. The molecule has 6 atom stereocenters. The first kappa shape index (κ1) is 14.4. The van der Waals surface area contributed by atoms with Crippen molar-refractivity contribution in [3.63, 3.8) is 0 Å². The molecular formula is C22H30O. The molecule has 6 unspecified atom stereocenters. The van der Waals surface area contributed by atoms with Crippen molar-refractivity contribution in [1.82, 2.24) is 0 Å². The van der Waals surface area contributed by atoms with Crippen LogP contribution in [-0.2, 0) is 6.42 Å². The first-order valence-electron chi connectivity index (χ1n) is 9.80. The van der Waals surface area contributed by atoms with Gasteiger partial charge in [-0.15, -0.1) is 0 Å². The lowest BCUT2D eigenvalue weighted by molar-refractivity contribution is -0.0389. The molecule has 5 rings (SSSR count). The van der Waals surface area contributed by atoms with Crippen LogP contribution in [0.5, 0.6) is 5.75 Å². The van der Waals surface area contributed by atoms with Gasteiger partial charge in [0.05, 0.1) is 0 Å². The van der Waals surface area contributed by atoms with Crippen LogP contribution in [0.4, 0.5) is 0 Å². The quantitative estimate of drug-likeness (QED) is 0.616. The zero-order valence-corrected chi connectivity index (χ0v) is 14.8. The van der Waals surface area contributed by atoms with Crippen LogP contribution in [0, 0.1) is 35.0 Å². The number of aryl methyl sites for hydroxylation is 1. The predicted molar refractivity (Wildman–Crippen MR) is 93.5 cm³/mol. The normalized spacial score (nSPS) is 46.3. The van der Waals surface area contributed by atoms with Crippen LogP contribution in [0.3, 0.4) is 0 Å². The van der Waals surface area contributed by atoms with E-state index in [0.717, 1.165) is 29.6 Å². The van der Waals surface area contributed by atoms with E-state index in [9.17, 15) is 0 Å². The molecule has 0 N–H and O–H groups in total. The second-order valence-corrected chi connectivity index (χ2v) is 9.51. The predicted octanol–water partition coefficient (Wildman–Crippen LogP) is 5.48. The van der Waals surface area contributed by atoms with Gasteiger partial charge in [-0.3, -0.25) is 0 Å². The van der Waals surface area contributed by atoms with Gasteiger partial charge in [-0.1, -0.05) is 45.4 Å². The fourth-order valence-electron chi connectivity index (χ4n) is 6.99. The Hall–Kier alpha value is -0.980. The van der Waals surface area contributed by atoms with Gasteiger partial charge in [0.15, 0.2) is 0 Å². The van der Waals surface area contributed by atoms with Crippen LogP contribution in [0.15, 0.2) is 24.3 Å². The largest absolute Gasteiger partial charge is 0.487 e. The summed E-state index contributed by atoms with van der Waals surface area (Å²) in [4.78, 5) is 0. The Kier molecular flexibility index (Phi) is 2.84. The average molecular weight is 310 g/mol. The lowest BCUT2D eigenvalue weighted by atomic mass is 9.70. The Morgan fingerprint density at radius 3 is 2.70 bits per heavy atom. The SMILES string of the molecule is CC1CCC2C1C1C(CCC23CCc2ccccc2O3)C1(C)C. The summed E-state index contributed by atoms with van der Waals surface area (Å²) in [6.07, 6.45) is 7.96. The third kappa shape index (κ3) is 1.86. The Morgan fingerprint density at radius 1 is 1.00 bits per heavy atom. The maximum absolute atomic E-state index is 6.84. The van der Waals surface area contributed by atoms with Crippen LogP contribution < -0.4 is 4.74 Å². The van der Waals surface area contributed by atoms with Gasteiger partial charge in [-0.2, -0.15) is 0 Å². The molecule has 1 heteroatoms. The Balaban J connectivity index is 1.53. The number of benzene rings is 1. The fraction of sp³-hybridized carbons (Fsp3) is 0.727. The van der Waals surface area contributed by atoms with Crippen molar-refractivity contribution in [3.8, 4) is 5.75 Å². The minimum atomic E-state index is 0.146. The van der Waals surface area contributed by atoms with E-state index < -0.39 is 0 Å². The third-order valence-electron chi connectivity index (χ3n) is 8.27. The fourth-order valence-corrected chi connectivity index (χ4v) is 6.99. The lowest BCUT2D eigenvalue weighted by Crippen LogP contribution is -2.48. The summed E-state index contributed by atoms with van der Waals surface area (Å²) in [6, 6.07) is 8.77. The van der Waals surface area contributed by atoms with Gasteiger partial charge in [0.1, 0.15) is 11.4 Å². The summed E-state index contributed by atoms with van der Waals surface area (Å²) in [6.45, 7) is 7.57. The molecule has 3 fully saturated rings. The van der Waals surface area contributed by atoms with Crippen LogP contribution in [-0.4, -0.2) is 5.60 Å². The molecule has 1 aromatic carbocycles. The Morgan fingerprint density at radius 2 is 1.83 bits per heavy atom. The van der Waals surface area contributed by atoms with E-state index in [2.05, 4.69) is 45.0 Å². The highest BCUT2D eigenvalue weighted by atomic mass is 16.5. The standard InChI is InChI=1S/C22H30O/c1-14-8-9-16-19(14)20-17(21(20,2)3)11-13-22(16)12-10-15-6-4-5-7-18(15)23-22/h4-7,14,16-17,19-20H,8-13H2,1-3H3. The highest BCUT2D eigenvalue weighted by Gasteiger charge is 2.68. The summed E-state index contributed by atoms with van der Waals surface area (Å²) >= 11 is 0. The van der Waals surface area contributed by atoms with E-state index in [1.165, 1.54) is 49.8 Å². The van der Waals surface area contributed by atoms with E-state index in [0.29, 0.717) is 5.41 Å². The van der Waals surface area contributed by atoms with Crippen LogP contribution in [0.2, 0.25) is 0 Å². The van der Waals surface area contributed by atoms with Crippen LogP contribution >= 0.6 is 0 Å². The molecule has 0 radical (unpaired) electrons. The van der Waals surface area contributed by atoms with Gasteiger partial charge in [-0.25, -0.2) is 0 Å². The molecule has 124 valence electrons. The first-order valence-corrected chi connectivity index (χ1v) is 9.80. The van der Waals surface area contributed by atoms with Gasteiger partial charge < -0.3 is 4.74 Å². The molecule has 1 nitrogen and oxygen atoms in total. The number of para-hydroxylation sites is 1. The summed E-state index contributed by atoms with van der Waals surface area (Å²) in [5, 5.41) is 0. The van der Waals surface area contributed by atoms with Crippen molar-refractivity contribution in [2.24, 2.45) is 35.0 Å². The van der Waals surface area contributed by atoms with Gasteiger partial charge in [-0.05, 0) is 72.8 Å². The van der Waals surface area contributed by atoms with E-state index in [1.54, 1.807) is 0 Å². The van der Waals surface area contributed by atoms with Gasteiger partial charge in [0, 0.05) is 5.92 Å². The van der Waals surface area contributed by atoms with Gasteiger partial charge in [0.25, 0.3) is 0 Å². The van der Waals surface area contributed by atoms with Crippen molar-refractivity contribution in [2.75, 3.05) is 0 Å². The molecule has 1 aromatic rings. The summed E-state index contributed by atoms with van der Waals surface area (Å²) in [7, 11) is 0. The molecule has 23 heavy (non-hydrogen) atoms. The topological polar surface area (TPSA) is 9.23 Å². The molecule has 1 heterocycles. The minimum absolute atomic E-state index is 0.146. The Bertz CT molecular complexity index is 633. The first-order chi connectivity index (χ1) is 11.0. The van der Waals surface area contributed by atoms with E-state index in [-0.39, 0.29) is 5.60 Å². The van der Waals surface area contributed by atoms with Crippen molar-refractivity contribution in [3.05, 3.63) is 29.8 Å². The molecule has 0 saturated heterocycles. The molecule has 3 aliphatic carbocycles. The van der Waals surface area contributed by atoms with Crippen molar-refractivity contribution < 1.29 is 4.74 Å². The summed E-state index contributed by atoms with van der Waals surface area (Å²) in [5.41, 5.74) is 2.17. The summed E-state index contributed by atoms with van der Waals surface area (Å²) < 4.78 is 6.84. The molecular weight excluding hydrogens is 280 g/mol. The molecule has 3 saturated carbocycles. The maximum atomic E-state index is 6.84. The van der Waals surface area contributed by atoms with Crippen molar-refractivity contribution in [1.29, 1.82) is 0 Å². The van der Waals surface area contributed by atoms with Crippen LogP contribution in [0.25, 0.3) is 0 Å². The Labute approximate surface area is 140 Å². The monoisotopic (exact) mass is 310 g/mol. The third-order valence-corrected chi connectivity index (χ3v) is 8.27. The number of ether oxygens (including phenoxy) is 1. The molecule has 0 amide bonds. The maximum Gasteiger partial charge on any atom is 0.123 e. The van der Waals surface area contributed by atoms with Crippen molar-refractivity contribution in [2.45, 2.75) is 64.9 Å². The number of rotatable bonds is 0. The zero-order chi connectivity index (χ0) is 15.8. The minimum Gasteiger partial charge on any atom is -0.487 e. The number of hydrogen-bond acceptors (Lipinski definition) is 1. The smallest absolute Gasteiger partial charge is 0.123 e. The zero-order valence-electron chi connectivity index (χ0n) is 14.8.